The van der Waals surface area contributed by atoms with Gasteiger partial charge in [-0.1, -0.05) is 41.1 Å². The maximum Gasteiger partial charge on any atom is 0.274 e. The highest BCUT2D eigenvalue weighted by atomic mass is 127. The van der Waals surface area contributed by atoms with Crippen molar-refractivity contribution in [2.24, 2.45) is 7.05 Å². The molecule has 4 aromatic rings. The Morgan fingerprint density at radius 3 is 2.68 bits per heavy atom. The molecular formula is C31H35IN6O2S. The van der Waals surface area contributed by atoms with Crippen LogP contribution in [0.15, 0.2) is 53.5 Å². The highest BCUT2D eigenvalue weighted by Crippen LogP contribution is 2.32. The van der Waals surface area contributed by atoms with Gasteiger partial charge in [-0.2, -0.15) is 5.10 Å². The Morgan fingerprint density at radius 1 is 1.12 bits per heavy atom. The first kappa shape index (κ1) is 29.4. The summed E-state index contributed by atoms with van der Waals surface area (Å²) in [6, 6.07) is 13.5. The average molecular weight is 683 g/mol. The van der Waals surface area contributed by atoms with Crippen molar-refractivity contribution in [3.05, 3.63) is 85.6 Å². The molecule has 1 atom stereocenters. The second kappa shape index (κ2) is 12.8. The summed E-state index contributed by atoms with van der Waals surface area (Å²) >= 11 is 3.98. The second-order valence-electron chi connectivity index (χ2n) is 10.6. The van der Waals surface area contributed by atoms with Gasteiger partial charge in [0.1, 0.15) is 5.69 Å². The van der Waals surface area contributed by atoms with Crippen molar-refractivity contribution in [1.82, 2.24) is 19.7 Å². The number of hydrogen-bond acceptors (Lipinski definition) is 7. The summed E-state index contributed by atoms with van der Waals surface area (Å²) in [5, 5.41) is 14.9. The summed E-state index contributed by atoms with van der Waals surface area (Å²) in [5.74, 6) is 0.424. The third-order valence-corrected chi connectivity index (χ3v) is 9.73. The highest BCUT2D eigenvalue weighted by Gasteiger charge is 2.18. The molecule has 10 heteroatoms. The number of carbonyl (C=O) groups excluding carboxylic acids is 1. The molecule has 2 N–H and O–H groups in total. The first-order valence-corrected chi connectivity index (χ1v) is 15.9. The van der Waals surface area contributed by atoms with E-state index in [4.69, 9.17) is 0 Å². The van der Waals surface area contributed by atoms with Crippen LogP contribution in [0.5, 0.6) is 0 Å². The van der Waals surface area contributed by atoms with Crippen LogP contribution in [-0.4, -0.2) is 36.7 Å². The molecule has 5 rings (SSSR count). The molecule has 3 aromatic heterocycles. The topological polar surface area (TPSA) is 92.2 Å². The summed E-state index contributed by atoms with van der Waals surface area (Å²) < 4.78 is 1.93. The van der Waals surface area contributed by atoms with Crippen molar-refractivity contribution in [1.29, 1.82) is 0 Å². The van der Waals surface area contributed by atoms with Crippen molar-refractivity contribution >= 4 is 57.0 Å². The number of nitrogens with zero attached hydrogens (tertiary/aromatic N) is 4. The lowest BCUT2D eigenvalue weighted by molar-refractivity contribution is 0.103. The van der Waals surface area contributed by atoms with Crippen LogP contribution in [0.1, 0.15) is 57.6 Å². The number of carbonyl (C=O) groups is 1. The molecular weight excluding hydrogens is 647 g/mol. The molecule has 1 aromatic carbocycles. The Labute approximate surface area is 258 Å². The summed E-state index contributed by atoms with van der Waals surface area (Å²) in [6.07, 6.45) is 7.58. The molecule has 0 saturated carbocycles. The van der Waals surface area contributed by atoms with Crippen LogP contribution in [0.25, 0.3) is 11.1 Å². The molecule has 41 heavy (non-hydrogen) atoms. The number of fused-ring (bicyclic) bond motifs is 1. The number of benzene rings is 1. The van der Waals surface area contributed by atoms with Crippen molar-refractivity contribution in [3.8, 4) is 11.1 Å². The van der Waals surface area contributed by atoms with Gasteiger partial charge < -0.3 is 15.2 Å². The van der Waals surface area contributed by atoms with Crippen LogP contribution >= 0.6 is 33.9 Å². The van der Waals surface area contributed by atoms with E-state index in [0.717, 1.165) is 45.8 Å². The van der Waals surface area contributed by atoms with Gasteiger partial charge >= 0.3 is 0 Å². The number of hydrogen-bond donors (Lipinski definition) is 2. The fraction of sp³-hybridized carbons (Fsp3) is 0.355. The minimum atomic E-state index is -0.169. The molecule has 8 nitrogen and oxygen atoms in total. The van der Waals surface area contributed by atoms with E-state index in [1.54, 1.807) is 23.0 Å². The molecule has 3 heterocycles. The van der Waals surface area contributed by atoms with E-state index < -0.39 is 0 Å². The molecule has 0 radical (unpaired) electrons. The molecule has 1 amide bonds. The summed E-state index contributed by atoms with van der Waals surface area (Å²) in [6.45, 7) is 4.80. The number of aromatic nitrogens is 3. The fourth-order valence-corrected chi connectivity index (χ4v) is 6.37. The maximum atomic E-state index is 13.2. The third-order valence-electron chi connectivity index (χ3n) is 7.55. The number of nitrogens with one attached hydrogen (secondary N) is 2. The normalized spacial score (nSPS) is 13.9. The van der Waals surface area contributed by atoms with Crippen molar-refractivity contribution < 1.29 is 4.79 Å². The number of rotatable bonds is 8. The second-order valence-corrected chi connectivity index (χ2v) is 13.6. The molecule has 1 aliphatic rings. The Hall–Kier alpha value is -3.09. The van der Waals surface area contributed by atoms with Crippen LogP contribution in [-0.2, 0) is 26.4 Å². The Morgan fingerprint density at radius 2 is 1.93 bits per heavy atom. The Balaban J connectivity index is 1.36. The monoisotopic (exact) mass is 682 g/mol. The average Bonchev–Trinajstić information content (AvgIpc) is 3.23. The van der Waals surface area contributed by atoms with Gasteiger partial charge in [0.05, 0.1) is 14.6 Å². The zero-order valence-corrected chi connectivity index (χ0v) is 26.8. The molecule has 0 fully saturated rings. The number of thiophene rings is 1. The zero-order valence-electron chi connectivity index (χ0n) is 23.8. The molecule has 1 unspecified atom stereocenters. The molecule has 214 valence electrons. The first-order valence-electron chi connectivity index (χ1n) is 13.9. The third kappa shape index (κ3) is 6.87. The van der Waals surface area contributed by atoms with Gasteiger partial charge in [0, 0.05) is 35.9 Å². The van der Waals surface area contributed by atoms with E-state index in [0.29, 0.717) is 22.1 Å². The van der Waals surface area contributed by atoms with E-state index >= 15 is 0 Å². The van der Waals surface area contributed by atoms with Crippen LogP contribution in [0.4, 0.5) is 17.2 Å². The standard InChI is InChI=1S/C31H35IN6O2S/c1-19-24(10-8-11-25(19)34-30(39)28-16-21-9-6-5-7-12-27(21)41-28)22-15-26(31(40)38(4)17-22)33-29-14-13-23(35-36-29)18-37(3)20(2)32/h8,10-11,13-17,20H,5-7,9,12,18H2,1-4H3,(H,33,36)(H,34,39). The molecule has 0 aliphatic heterocycles. The smallest absolute Gasteiger partial charge is 0.274 e. The van der Waals surface area contributed by atoms with Crippen molar-refractivity contribution in [2.45, 2.75) is 56.5 Å². The quantitative estimate of drug-likeness (QED) is 0.0932. The van der Waals surface area contributed by atoms with Gasteiger partial charge in [-0.05, 0) is 93.6 Å². The van der Waals surface area contributed by atoms with Gasteiger partial charge in [0.15, 0.2) is 5.82 Å². The number of halogens is 1. The zero-order chi connectivity index (χ0) is 29.1. The van der Waals surface area contributed by atoms with Crippen LogP contribution < -0.4 is 16.2 Å². The van der Waals surface area contributed by atoms with Crippen LogP contribution in [0.2, 0.25) is 0 Å². The Kier molecular flexibility index (Phi) is 9.20. The molecule has 0 bridgehead atoms. The maximum absolute atomic E-state index is 13.2. The van der Waals surface area contributed by atoms with Gasteiger partial charge in [0.2, 0.25) is 0 Å². The van der Waals surface area contributed by atoms with Crippen LogP contribution in [0.3, 0.4) is 0 Å². The predicted molar refractivity (Wildman–Crippen MR) is 176 cm³/mol. The van der Waals surface area contributed by atoms with Gasteiger partial charge in [-0.3, -0.25) is 14.5 Å². The minimum absolute atomic E-state index is 0.0766. The molecule has 0 saturated heterocycles. The van der Waals surface area contributed by atoms with E-state index in [1.807, 2.05) is 56.6 Å². The highest BCUT2D eigenvalue weighted by molar-refractivity contribution is 14.1. The van der Waals surface area contributed by atoms with E-state index in [2.05, 4.69) is 61.3 Å². The number of pyridine rings is 1. The molecule has 1 aliphatic carbocycles. The lowest BCUT2D eigenvalue weighted by Crippen LogP contribution is -2.24. The van der Waals surface area contributed by atoms with E-state index in [9.17, 15) is 9.59 Å². The lowest BCUT2D eigenvalue weighted by atomic mass is 10.00. The number of anilines is 3. The van der Waals surface area contributed by atoms with Gasteiger partial charge in [0.25, 0.3) is 11.5 Å². The minimum Gasteiger partial charge on any atom is -0.334 e. The van der Waals surface area contributed by atoms with E-state index in [-0.39, 0.29) is 11.5 Å². The number of amides is 1. The van der Waals surface area contributed by atoms with Gasteiger partial charge in [-0.25, -0.2) is 0 Å². The SMILES string of the molecule is Cc1c(NC(=O)c2cc3c(s2)CCCCC3)cccc1-c1cc(Nc2ccc(CN(C)C(C)I)nn2)c(=O)n(C)c1. The van der Waals surface area contributed by atoms with Crippen molar-refractivity contribution in [3.63, 3.8) is 0 Å². The fourth-order valence-electron chi connectivity index (χ4n) is 5.03. The van der Waals surface area contributed by atoms with E-state index in [1.165, 1.54) is 29.7 Å². The molecule has 0 spiro atoms. The van der Waals surface area contributed by atoms with Crippen LogP contribution in [0, 0.1) is 6.92 Å². The van der Waals surface area contributed by atoms with Gasteiger partial charge in [-0.15, -0.1) is 16.4 Å². The predicted octanol–water partition coefficient (Wildman–Crippen LogP) is 6.69. The number of alkyl halides is 1. The Bertz CT molecular complexity index is 1590. The van der Waals surface area contributed by atoms with Crippen molar-refractivity contribution in [2.75, 3.05) is 17.7 Å². The summed E-state index contributed by atoms with van der Waals surface area (Å²) in [4.78, 5) is 30.5. The summed E-state index contributed by atoms with van der Waals surface area (Å²) in [5.41, 5.74) is 5.89. The largest absolute Gasteiger partial charge is 0.334 e. The first-order chi connectivity index (χ1) is 19.7. The lowest BCUT2D eigenvalue weighted by Gasteiger charge is -2.18. The summed E-state index contributed by atoms with van der Waals surface area (Å²) in [7, 11) is 3.77. The number of aryl methyl sites for hydroxylation is 3.